The van der Waals surface area contributed by atoms with Crippen LogP contribution in [0, 0.1) is 11.8 Å². The Bertz CT molecular complexity index is 356. The van der Waals surface area contributed by atoms with Crippen molar-refractivity contribution in [2.45, 2.75) is 59.0 Å². The Morgan fingerprint density at radius 3 is 2.71 bits per heavy atom. The molecule has 1 aromatic rings. The number of aromatic nitrogens is 2. The first-order valence-corrected chi connectivity index (χ1v) is 6.87. The summed E-state index contributed by atoms with van der Waals surface area (Å²) < 4.78 is 2.21. The predicted molar refractivity (Wildman–Crippen MR) is 72.2 cm³/mol. The molecule has 0 aliphatic heterocycles. The first kappa shape index (κ1) is 12.5. The maximum atomic E-state index is 4.43. The van der Waals surface area contributed by atoms with E-state index in [0.29, 0.717) is 12.1 Å². The Morgan fingerprint density at radius 1 is 1.29 bits per heavy atom. The third-order valence-corrected chi connectivity index (χ3v) is 4.16. The molecule has 0 bridgehead atoms. The lowest BCUT2D eigenvalue weighted by molar-refractivity contribution is 0.260. The summed E-state index contributed by atoms with van der Waals surface area (Å²) in [6, 6.07) is 1.07. The Morgan fingerprint density at radius 2 is 2.06 bits per heavy atom. The molecule has 1 aromatic heterocycles. The van der Waals surface area contributed by atoms with Gasteiger partial charge in [0, 0.05) is 24.5 Å². The minimum absolute atomic E-state index is 0.472. The van der Waals surface area contributed by atoms with Crippen molar-refractivity contribution in [1.82, 2.24) is 9.55 Å². The van der Waals surface area contributed by atoms with Gasteiger partial charge in [0.25, 0.3) is 0 Å². The van der Waals surface area contributed by atoms with Gasteiger partial charge in [0.1, 0.15) is 0 Å². The van der Waals surface area contributed by atoms with Crippen LogP contribution < -0.4 is 5.32 Å². The van der Waals surface area contributed by atoms with Crippen molar-refractivity contribution in [2.75, 3.05) is 5.32 Å². The topological polar surface area (TPSA) is 29.9 Å². The molecule has 3 unspecified atom stereocenters. The summed E-state index contributed by atoms with van der Waals surface area (Å²) in [5.74, 6) is 2.73. The fraction of sp³-hybridized carbons (Fsp3) is 0.786. The lowest BCUT2D eigenvalue weighted by atomic mass is 9.79. The molecule has 2 rings (SSSR count). The summed E-state index contributed by atoms with van der Waals surface area (Å²) in [5, 5.41) is 3.61. The van der Waals surface area contributed by atoms with E-state index in [1.807, 2.05) is 6.20 Å². The summed E-state index contributed by atoms with van der Waals surface area (Å²) in [4.78, 5) is 4.43. The van der Waals surface area contributed by atoms with Gasteiger partial charge in [0.05, 0.1) is 0 Å². The SMILES string of the molecule is CC1CCC(Nc2nccn2C(C)C)CC1C. The Balaban J connectivity index is 1.99. The van der Waals surface area contributed by atoms with Gasteiger partial charge in [0.2, 0.25) is 5.95 Å². The van der Waals surface area contributed by atoms with Gasteiger partial charge in [-0.15, -0.1) is 0 Å². The zero-order valence-corrected chi connectivity index (χ0v) is 11.5. The number of rotatable bonds is 3. The molecule has 1 aliphatic carbocycles. The number of nitrogens with zero attached hydrogens (tertiary/aromatic N) is 2. The van der Waals surface area contributed by atoms with Crippen LogP contribution in [-0.2, 0) is 0 Å². The molecule has 3 atom stereocenters. The molecule has 1 aliphatic rings. The van der Waals surface area contributed by atoms with Crippen LogP contribution in [0.4, 0.5) is 5.95 Å². The lowest BCUT2D eigenvalue weighted by Gasteiger charge is -2.33. The summed E-state index contributed by atoms with van der Waals surface area (Å²) in [6.45, 7) is 9.13. The highest BCUT2D eigenvalue weighted by molar-refractivity contribution is 5.28. The largest absolute Gasteiger partial charge is 0.353 e. The maximum Gasteiger partial charge on any atom is 0.203 e. The molecule has 1 heterocycles. The molecule has 0 amide bonds. The highest BCUT2D eigenvalue weighted by atomic mass is 15.2. The van der Waals surface area contributed by atoms with Crippen LogP contribution in [-0.4, -0.2) is 15.6 Å². The Kier molecular flexibility index (Phi) is 3.75. The van der Waals surface area contributed by atoms with Gasteiger partial charge in [-0.3, -0.25) is 0 Å². The number of hydrogen-bond acceptors (Lipinski definition) is 2. The summed E-state index contributed by atoms with van der Waals surface area (Å²) >= 11 is 0. The van der Waals surface area contributed by atoms with E-state index in [1.54, 1.807) is 0 Å². The minimum Gasteiger partial charge on any atom is -0.353 e. The fourth-order valence-electron chi connectivity index (χ4n) is 2.70. The van der Waals surface area contributed by atoms with Crippen molar-refractivity contribution in [3.05, 3.63) is 12.4 Å². The van der Waals surface area contributed by atoms with Crippen molar-refractivity contribution in [3.63, 3.8) is 0 Å². The molecule has 0 radical (unpaired) electrons. The minimum atomic E-state index is 0.472. The molecule has 0 spiro atoms. The van der Waals surface area contributed by atoms with E-state index in [4.69, 9.17) is 0 Å². The quantitative estimate of drug-likeness (QED) is 0.865. The van der Waals surface area contributed by atoms with Gasteiger partial charge >= 0.3 is 0 Å². The average Bonchev–Trinajstić information content (AvgIpc) is 2.72. The second kappa shape index (κ2) is 5.11. The Hall–Kier alpha value is -0.990. The molecule has 0 aromatic carbocycles. The number of anilines is 1. The van der Waals surface area contributed by atoms with Crippen LogP contribution in [0.1, 0.15) is 53.0 Å². The van der Waals surface area contributed by atoms with Gasteiger partial charge < -0.3 is 9.88 Å². The van der Waals surface area contributed by atoms with Crippen LogP contribution in [0.3, 0.4) is 0 Å². The first-order chi connectivity index (χ1) is 8.08. The standard InChI is InChI=1S/C14H25N3/c1-10(2)17-8-7-15-14(17)16-13-6-5-11(3)12(4)9-13/h7-8,10-13H,5-6,9H2,1-4H3,(H,15,16). The van der Waals surface area contributed by atoms with Gasteiger partial charge in [0.15, 0.2) is 0 Å². The van der Waals surface area contributed by atoms with Gasteiger partial charge in [-0.25, -0.2) is 4.98 Å². The van der Waals surface area contributed by atoms with E-state index < -0.39 is 0 Å². The van der Waals surface area contributed by atoms with Gasteiger partial charge in [-0.1, -0.05) is 13.8 Å². The van der Waals surface area contributed by atoms with Gasteiger partial charge in [-0.05, 0) is 44.9 Å². The van der Waals surface area contributed by atoms with Crippen molar-refractivity contribution < 1.29 is 0 Å². The predicted octanol–water partition coefficient (Wildman–Crippen LogP) is 3.70. The van der Waals surface area contributed by atoms with Crippen LogP contribution in [0.15, 0.2) is 12.4 Å². The second-order valence-electron chi connectivity index (χ2n) is 5.86. The molecular formula is C14H25N3. The molecule has 1 fully saturated rings. The van der Waals surface area contributed by atoms with E-state index in [0.717, 1.165) is 17.8 Å². The first-order valence-electron chi connectivity index (χ1n) is 6.87. The second-order valence-corrected chi connectivity index (χ2v) is 5.86. The van der Waals surface area contributed by atoms with Crippen molar-refractivity contribution in [3.8, 4) is 0 Å². The van der Waals surface area contributed by atoms with E-state index >= 15 is 0 Å². The molecule has 1 saturated carbocycles. The average molecular weight is 235 g/mol. The van der Waals surface area contributed by atoms with Crippen molar-refractivity contribution in [1.29, 1.82) is 0 Å². The van der Waals surface area contributed by atoms with Crippen LogP contribution in [0.2, 0.25) is 0 Å². The molecule has 3 heteroatoms. The Labute approximate surface area is 105 Å². The summed E-state index contributed by atoms with van der Waals surface area (Å²) in [7, 11) is 0. The zero-order valence-electron chi connectivity index (χ0n) is 11.5. The van der Waals surface area contributed by atoms with Crippen LogP contribution >= 0.6 is 0 Å². The molecular weight excluding hydrogens is 210 g/mol. The number of imidazole rings is 1. The summed E-state index contributed by atoms with van der Waals surface area (Å²) in [5.41, 5.74) is 0. The number of nitrogens with one attached hydrogen (secondary N) is 1. The van der Waals surface area contributed by atoms with E-state index in [-0.39, 0.29) is 0 Å². The van der Waals surface area contributed by atoms with E-state index in [1.165, 1.54) is 19.3 Å². The normalized spacial score (nSPS) is 29.6. The molecule has 96 valence electrons. The van der Waals surface area contributed by atoms with Crippen LogP contribution in [0.5, 0.6) is 0 Å². The summed E-state index contributed by atoms with van der Waals surface area (Å²) in [6.07, 6.45) is 7.82. The van der Waals surface area contributed by atoms with Gasteiger partial charge in [-0.2, -0.15) is 0 Å². The lowest BCUT2D eigenvalue weighted by Crippen LogP contribution is -2.31. The van der Waals surface area contributed by atoms with E-state index in [9.17, 15) is 0 Å². The highest BCUT2D eigenvalue weighted by Crippen LogP contribution is 2.31. The maximum absolute atomic E-state index is 4.43. The highest BCUT2D eigenvalue weighted by Gasteiger charge is 2.25. The smallest absolute Gasteiger partial charge is 0.203 e. The molecule has 3 nitrogen and oxygen atoms in total. The number of hydrogen-bond donors (Lipinski definition) is 1. The van der Waals surface area contributed by atoms with Crippen molar-refractivity contribution >= 4 is 5.95 Å². The van der Waals surface area contributed by atoms with E-state index in [2.05, 4.69) is 48.8 Å². The third kappa shape index (κ3) is 2.82. The third-order valence-electron chi connectivity index (χ3n) is 4.16. The molecule has 17 heavy (non-hydrogen) atoms. The molecule has 1 N–H and O–H groups in total. The van der Waals surface area contributed by atoms with Crippen molar-refractivity contribution in [2.24, 2.45) is 11.8 Å². The van der Waals surface area contributed by atoms with Crippen LogP contribution in [0.25, 0.3) is 0 Å². The zero-order chi connectivity index (χ0) is 12.4. The fourth-order valence-corrected chi connectivity index (χ4v) is 2.70. The monoisotopic (exact) mass is 235 g/mol. The molecule has 0 saturated heterocycles.